The largest absolute Gasteiger partial charge is 0.488 e. The molecular formula is C23H16BrCl2NO2. The van der Waals surface area contributed by atoms with Gasteiger partial charge < -0.3 is 9.64 Å². The molecule has 0 N–H and O–H groups in total. The second-order valence-corrected chi connectivity index (χ2v) is 8.31. The number of amides is 1. The Labute approximate surface area is 187 Å². The van der Waals surface area contributed by atoms with Gasteiger partial charge in [0.15, 0.2) is 0 Å². The molecule has 1 aliphatic rings. The molecule has 4 rings (SSSR count). The second kappa shape index (κ2) is 8.62. The smallest absolute Gasteiger partial charge is 0.258 e. The van der Waals surface area contributed by atoms with Crippen LogP contribution in [0.1, 0.15) is 11.1 Å². The van der Waals surface area contributed by atoms with Crippen LogP contribution in [0.4, 0.5) is 5.69 Å². The van der Waals surface area contributed by atoms with Crippen molar-refractivity contribution in [3.05, 3.63) is 97.9 Å². The molecule has 0 spiro atoms. The standard InChI is InChI=1S/C23H16BrCl2NO2/c24-18-10-8-15(9-11-18)13-27(22-19(25)5-3-6-20(22)26)23(28)17-12-16-4-1-2-7-21(16)29-14-17/h1-12H,13-14H2. The quantitative estimate of drug-likeness (QED) is 0.405. The van der Waals surface area contributed by atoms with Gasteiger partial charge in [0.2, 0.25) is 0 Å². The Morgan fingerprint density at radius 2 is 1.66 bits per heavy atom. The number of carbonyl (C=O) groups excluding carboxylic acids is 1. The summed E-state index contributed by atoms with van der Waals surface area (Å²) in [7, 11) is 0. The maximum atomic E-state index is 13.5. The van der Waals surface area contributed by atoms with Gasteiger partial charge in [0.1, 0.15) is 12.4 Å². The number of hydrogen-bond donors (Lipinski definition) is 0. The van der Waals surface area contributed by atoms with E-state index in [2.05, 4.69) is 15.9 Å². The van der Waals surface area contributed by atoms with E-state index in [0.717, 1.165) is 21.3 Å². The van der Waals surface area contributed by atoms with Crippen molar-refractivity contribution in [3.63, 3.8) is 0 Å². The van der Waals surface area contributed by atoms with Crippen molar-refractivity contribution < 1.29 is 9.53 Å². The normalized spacial score (nSPS) is 12.6. The van der Waals surface area contributed by atoms with Crippen LogP contribution in [0.15, 0.2) is 76.8 Å². The maximum Gasteiger partial charge on any atom is 0.258 e. The van der Waals surface area contributed by atoms with Gasteiger partial charge in [-0.25, -0.2) is 0 Å². The summed E-state index contributed by atoms with van der Waals surface area (Å²) in [5.74, 6) is 0.566. The van der Waals surface area contributed by atoms with Gasteiger partial charge in [0.05, 0.1) is 27.9 Å². The van der Waals surface area contributed by atoms with E-state index < -0.39 is 0 Å². The molecule has 0 saturated heterocycles. The molecule has 3 aromatic carbocycles. The number of carbonyl (C=O) groups is 1. The minimum Gasteiger partial charge on any atom is -0.488 e. The lowest BCUT2D eigenvalue weighted by Gasteiger charge is -2.27. The number of para-hydroxylation sites is 2. The summed E-state index contributed by atoms with van der Waals surface area (Å²) < 4.78 is 6.75. The highest BCUT2D eigenvalue weighted by Crippen LogP contribution is 2.36. The number of nitrogens with zero attached hydrogens (tertiary/aromatic N) is 1. The highest BCUT2D eigenvalue weighted by molar-refractivity contribution is 9.10. The highest BCUT2D eigenvalue weighted by Gasteiger charge is 2.26. The van der Waals surface area contributed by atoms with Crippen LogP contribution in [-0.2, 0) is 11.3 Å². The SMILES string of the molecule is O=C(C1=Cc2ccccc2OC1)N(Cc1ccc(Br)cc1)c1c(Cl)cccc1Cl. The summed E-state index contributed by atoms with van der Waals surface area (Å²) in [6.45, 7) is 0.517. The van der Waals surface area contributed by atoms with Crippen LogP contribution in [0.3, 0.4) is 0 Å². The molecule has 0 aliphatic carbocycles. The predicted octanol–water partition coefficient (Wildman–Crippen LogP) is 6.77. The highest BCUT2D eigenvalue weighted by atomic mass is 79.9. The van der Waals surface area contributed by atoms with Gasteiger partial charge in [0.25, 0.3) is 5.91 Å². The maximum absolute atomic E-state index is 13.5. The molecule has 1 heterocycles. The first-order valence-corrected chi connectivity index (χ1v) is 10.5. The van der Waals surface area contributed by atoms with Crippen LogP contribution in [-0.4, -0.2) is 12.5 Å². The second-order valence-electron chi connectivity index (χ2n) is 6.58. The number of fused-ring (bicyclic) bond motifs is 1. The van der Waals surface area contributed by atoms with Crippen molar-refractivity contribution >= 4 is 56.8 Å². The zero-order chi connectivity index (χ0) is 20.4. The summed E-state index contributed by atoms with van der Waals surface area (Å²) in [6.07, 6.45) is 1.86. The van der Waals surface area contributed by atoms with Gasteiger partial charge in [-0.05, 0) is 42.0 Å². The van der Waals surface area contributed by atoms with E-state index in [-0.39, 0.29) is 12.5 Å². The molecule has 29 heavy (non-hydrogen) atoms. The molecule has 146 valence electrons. The summed E-state index contributed by atoms with van der Waals surface area (Å²) in [4.78, 5) is 15.1. The first kappa shape index (κ1) is 20.0. The first-order chi connectivity index (χ1) is 14.0. The van der Waals surface area contributed by atoms with Crippen molar-refractivity contribution in [2.75, 3.05) is 11.5 Å². The summed E-state index contributed by atoms with van der Waals surface area (Å²) in [5, 5.41) is 0.835. The van der Waals surface area contributed by atoms with Crippen LogP contribution >= 0.6 is 39.1 Å². The summed E-state index contributed by atoms with van der Waals surface area (Å²) >= 11 is 16.3. The molecule has 0 bridgehead atoms. The molecule has 1 aliphatic heterocycles. The number of ether oxygens (including phenoxy) is 1. The molecule has 0 saturated carbocycles. The molecule has 3 aromatic rings. The van der Waals surface area contributed by atoms with Crippen molar-refractivity contribution in [2.24, 2.45) is 0 Å². The molecular weight excluding hydrogens is 473 g/mol. The fraction of sp³-hybridized carbons (Fsp3) is 0.0870. The molecule has 0 aromatic heterocycles. The van der Waals surface area contributed by atoms with Crippen LogP contribution in [0.25, 0.3) is 6.08 Å². The molecule has 0 radical (unpaired) electrons. The Hall–Kier alpha value is -2.27. The van der Waals surface area contributed by atoms with E-state index in [1.807, 2.05) is 54.6 Å². The summed E-state index contributed by atoms with van der Waals surface area (Å²) in [6, 6.07) is 20.6. The van der Waals surface area contributed by atoms with Crippen LogP contribution < -0.4 is 9.64 Å². The summed E-state index contributed by atoms with van der Waals surface area (Å²) in [5.41, 5.74) is 2.85. The lowest BCUT2D eigenvalue weighted by molar-refractivity contribution is -0.115. The lowest BCUT2D eigenvalue weighted by atomic mass is 10.1. The van der Waals surface area contributed by atoms with Gasteiger partial charge in [0, 0.05) is 10.0 Å². The van der Waals surface area contributed by atoms with Crippen LogP contribution in [0.2, 0.25) is 10.0 Å². The van der Waals surface area contributed by atoms with Crippen molar-refractivity contribution in [2.45, 2.75) is 6.54 Å². The molecule has 0 atom stereocenters. The number of halogens is 3. The third-order valence-electron chi connectivity index (χ3n) is 4.61. The van der Waals surface area contributed by atoms with E-state index in [4.69, 9.17) is 27.9 Å². The van der Waals surface area contributed by atoms with E-state index >= 15 is 0 Å². The fourth-order valence-electron chi connectivity index (χ4n) is 3.18. The van der Waals surface area contributed by atoms with Gasteiger partial charge in [-0.2, -0.15) is 0 Å². The Morgan fingerprint density at radius 1 is 0.966 bits per heavy atom. The minimum absolute atomic E-state index is 0.189. The van der Waals surface area contributed by atoms with Gasteiger partial charge >= 0.3 is 0 Å². The number of benzene rings is 3. The third kappa shape index (κ3) is 4.35. The fourth-order valence-corrected chi connectivity index (χ4v) is 4.05. The van der Waals surface area contributed by atoms with Crippen molar-refractivity contribution in [1.29, 1.82) is 0 Å². The molecule has 0 unspecified atom stereocenters. The van der Waals surface area contributed by atoms with E-state index in [1.54, 1.807) is 23.1 Å². The Morgan fingerprint density at radius 3 is 2.38 bits per heavy atom. The van der Waals surface area contributed by atoms with Crippen molar-refractivity contribution in [3.8, 4) is 5.75 Å². The average molecular weight is 489 g/mol. The van der Waals surface area contributed by atoms with Crippen LogP contribution in [0.5, 0.6) is 5.75 Å². The molecule has 1 amide bonds. The first-order valence-electron chi connectivity index (χ1n) is 8.95. The zero-order valence-electron chi connectivity index (χ0n) is 15.2. The molecule has 0 fully saturated rings. The lowest BCUT2D eigenvalue weighted by Crippen LogP contribution is -2.34. The zero-order valence-corrected chi connectivity index (χ0v) is 18.3. The van der Waals surface area contributed by atoms with Gasteiger partial charge in [-0.1, -0.05) is 75.5 Å². The Balaban J connectivity index is 1.75. The molecule has 3 nitrogen and oxygen atoms in total. The van der Waals surface area contributed by atoms with Crippen molar-refractivity contribution in [1.82, 2.24) is 0 Å². The van der Waals surface area contributed by atoms with E-state index in [1.165, 1.54) is 0 Å². The topological polar surface area (TPSA) is 29.5 Å². The van der Waals surface area contributed by atoms with Gasteiger partial charge in [-0.15, -0.1) is 0 Å². The van der Waals surface area contributed by atoms with E-state index in [9.17, 15) is 4.79 Å². The Bertz CT molecular complexity index is 1080. The number of anilines is 1. The number of rotatable bonds is 4. The van der Waals surface area contributed by atoms with Gasteiger partial charge in [-0.3, -0.25) is 4.79 Å². The predicted molar refractivity (Wildman–Crippen MR) is 122 cm³/mol. The minimum atomic E-state index is -0.197. The Kier molecular flexibility index (Phi) is 5.95. The average Bonchev–Trinajstić information content (AvgIpc) is 2.73. The third-order valence-corrected chi connectivity index (χ3v) is 5.75. The van der Waals surface area contributed by atoms with Crippen LogP contribution in [0, 0.1) is 0 Å². The van der Waals surface area contributed by atoms with E-state index in [0.29, 0.717) is 27.9 Å². The number of hydrogen-bond acceptors (Lipinski definition) is 2. The molecule has 6 heteroatoms. The monoisotopic (exact) mass is 487 g/mol.